The Morgan fingerprint density at radius 1 is 1.23 bits per heavy atom. The summed E-state index contributed by atoms with van der Waals surface area (Å²) in [6.45, 7) is 4.75. The highest BCUT2D eigenvalue weighted by molar-refractivity contribution is 9.09. The molecule has 0 heterocycles. The molecule has 3 nitrogen and oxygen atoms in total. The van der Waals surface area contributed by atoms with Gasteiger partial charge in [0.25, 0.3) is 0 Å². The first-order chi connectivity index (χ1) is 12.3. The third-order valence-corrected chi connectivity index (χ3v) is 9.56. The summed E-state index contributed by atoms with van der Waals surface area (Å²) >= 11 is 7.15. The number of alkyl halides is 2. The average molecular weight is 488 g/mol. The van der Waals surface area contributed by atoms with E-state index < -0.39 is 0 Å². The first-order valence-electron chi connectivity index (χ1n) is 9.94. The molecule has 0 aromatic rings. The highest BCUT2D eigenvalue weighted by Crippen LogP contribution is 2.66. The predicted molar refractivity (Wildman–Crippen MR) is 108 cm³/mol. The molecule has 0 aromatic carbocycles. The van der Waals surface area contributed by atoms with Crippen LogP contribution < -0.4 is 0 Å². The van der Waals surface area contributed by atoms with Gasteiger partial charge in [0.15, 0.2) is 5.78 Å². The van der Waals surface area contributed by atoms with Crippen LogP contribution in [0.3, 0.4) is 0 Å². The summed E-state index contributed by atoms with van der Waals surface area (Å²) in [6.07, 6.45) is 9.26. The SMILES string of the molecule is C[C@]12CCC(=O)C=C1[C@H](Br)CC1C2CC[C@@]2(C)C1CC[C@@H]2OC(=O)CBr. The lowest BCUT2D eigenvalue weighted by molar-refractivity contribution is -0.156. The maximum atomic E-state index is 12.0. The van der Waals surface area contributed by atoms with Crippen molar-refractivity contribution >= 4 is 43.6 Å². The molecule has 0 radical (unpaired) electrons. The standard InChI is InChI=1S/C21H28Br2O3/c1-20-7-5-12(24)9-16(20)17(23)10-13-14-3-4-18(26-19(25)11-22)21(14,2)8-6-15(13)20/h9,13-15,17-18H,3-8,10-11H2,1-2H3/t13?,14?,15?,17-,18+,20-,21+/m1/s1. The Balaban J connectivity index is 1.63. The van der Waals surface area contributed by atoms with Crippen LogP contribution in [-0.4, -0.2) is 28.0 Å². The van der Waals surface area contributed by atoms with Crippen molar-refractivity contribution in [2.45, 2.75) is 69.7 Å². The van der Waals surface area contributed by atoms with E-state index in [9.17, 15) is 9.59 Å². The Kier molecular flexibility index (Phi) is 4.95. The minimum atomic E-state index is -0.135. The molecule has 3 unspecified atom stereocenters. The maximum Gasteiger partial charge on any atom is 0.316 e. The molecular formula is C21H28Br2O3. The molecule has 0 bridgehead atoms. The summed E-state index contributed by atoms with van der Waals surface area (Å²) in [6, 6.07) is 0. The number of hydrogen-bond donors (Lipinski definition) is 0. The number of rotatable bonds is 2. The van der Waals surface area contributed by atoms with Crippen LogP contribution in [-0.2, 0) is 14.3 Å². The second-order valence-electron chi connectivity index (χ2n) is 9.30. The molecule has 0 spiro atoms. The zero-order valence-corrected chi connectivity index (χ0v) is 18.8. The zero-order valence-electron chi connectivity index (χ0n) is 15.6. The number of carbonyl (C=O) groups is 2. The molecule has 26 heavy (non-hydrogen) atoms. The third-order valence-electron chi connectivity index (χ3n) is 8.23. The van der Waals surface area contributed by atoms with E-state index in [2.05, 4.69) is 45.7 Å². The summed E-state index contributed by atoms with van der Waals surface area (Å²) in [5, 5.41) is 0.278. The van der Waals surface area contributed by atoms with Crippen LogP contribution in [0.4, 0.5) is 0 Å². The Bertz CT molecular complexity index is 660. The molecular weight excluding hydrogens is 460 g/mol. The number of esters is 1. The van der Waals surface area contributed by atoms with E-state index in [0.717, 1.165) is 32.1 Å². The molecule has 4 aliphatic rings. The molecule has 0 aliphatic heterocycles. The summed E-state index contributed by atoms with van der Waals surface area (Å²) in [7, 11) is 0. The fraction of sp³-hybridized carbons (Fsp3) is 0.810. The van der Waals surface area contributed by atoms with Gasteiger partial charge in [-0.3, -0.25) is 9.59 Å². The third kappa shape index (κ3) is 2.78. The molecule has 4 rings (SSSR count). The van der Waals surface area contributed by atoms with Gasteiger partial charge in [-0.15, -0.1) is 0 Å². The molecule has 3 fully saturated rings. The van der Waals surface area contributed by atoms with Gasteiger partial charge in [0, 0.05) is 16.7 Å². The van der Waals surface area contributed by atoms with Gasteiger partial charge in [-0.2, -0.15) is 0 Å². The van der Waals surface area contributed by atoms with Crippen molar-refractivity contribution < 1.29 is 14.3 Å². The number of fused-ring (bicyclic) bond motifs is 5. The second kappa shape index (κ2) is 6.72. The number of ketones is 1. The van der Waals surface area contributed by atoms with Crippen molar-refractivity contribution in [3.8, 4) is 0 Å². The Morgan fingerprint density at radius 2 is 2.00 bits per heavy atom. The number of allylic oxidation sites excluding steroid dienone is 1. The maximum absolute atomic E-state index is 12.0. The minimum Gasteiger partial charge on any atom is -0.461 e. The lowest BCUT2D eigenvalue weighted by Crippen LogP contribution is -2.53. The normalized spacial score (nSPS) is 47.5. The Morgan fingerprint density at radius 3 is 2.73 bits per heavy atom. The summed E-state index contributed by atoms with van der Waals surface area (Å²) in [5.41, 5.74) is 1.60. The molecule has 144 valence electrons. The van der Waals surface area contributed by atoms with Crippen molar-refractivity contribution in [3.63, 3.8) is 0 Å². The minimum absolute atomic E-state index is 0.0601. The van der Waals surface area contributed by atoms with Gasteiger partial charge < -0.3 is 4.74 Å². The average Bonchev–Trinajstić information content (AvgIpc) is 2.93. The number of ether oxygens (including phenoxy) is 1. The number of hydrogen-bond acceptors (Lipinski definition) is 3. The van der Waals surface area contributed by atoms with Crippen LogP contribution in [0.2, 0.25) is 0 Å². The Hall–Kier alpha value is -0.160. The molecule has 7 atom stereocenters. The fourth-order valence-electron chi connectivity index (χ4n) is 6.89. The smallest absolute Gasteiger partial charge is 0.316 e. The van der Waals surface area contributed by atoms with Gasteiger partial charge in [0.2, 0.25) is 0 Å². The summed E-state index contributed by atoms with van der Waals surface area (Å²) in [4.78, 5) is 24.2. The van der Waals surface area contributed by atoms with Crippen molar-refractivity contribution in [1.29, 1.82) is 0 Å². The molecule has 0 saturated heterocycles. The number of carbonyl (C=O) groups excluding carboxylic acids is 2. The van der Waals surface area contributed by atoms with Crippen LogP contribution in [0.5, 0.6) is 0 Å². The highest BCUT2D eigenvalue weighted by Gasteiger charge is 2.61. The quantitative estimate of drug-likeness (QED) is 0.397. The molecule has 5 heteroatoms. The van der Waals surface area contributed by atoms with E-state index in [-0.39, 0.29) is 28.2 Å². The van der Waals surface area contributed by atoms with E-state index in [1.54, 1.807) is 0 Å². The number of halogens is 2. The largest absolute Gasteiger partial charge is 0.461 e. The van der Waals surface area contributed by atoms with Crippen LogP contribution in [0.1, 0.15) is 58.8 Å². The second-order valence-corrected chi connectivity index (χ2v) is 11.0. The van der Waals surface area contributed by atoms with Crippen molar-refractivity contribution in [2.75, 3.05) is 5.33 Å². The van der Waals surface area contributed by atoms with Gasteiger partial charge in [-0.1, -0.05) is 45.7 Å². The van der Waals surface area contributed by atoms with E-state index >= 15 is 0 Å². The van der Waals surface area contributed by atoms with E-state index in [1.807, 2.05) is 6.08 Å². The lowest BCUT2D eigenvalue weighted by atomic mass is 9.47. The topological polar surface area (TPSA) is 43.4 Å². The first-order valence-corrected chi connectivity index (χ1v) is 12.0. The Labute approximate surface area is 172 Å². The zero-order chi connectivity index (χ0) is 18.7. The van der Waals surface area contributed by atoms with Gasteiger partial charge in [0.05, 0.1) is 0 Å². The van der Waals surface area contributed by atoms with E-state index in [1.165, 1.54) is 12.0 Å². The van der Waals surface area contributed by atoms with Crippen molar-refractivity contribution in [3.05, 3.63) is 11.6 Å². The predicted octanol–water partition coefficient (Wildman–Crippen LogP) is 5.20. The van der Waals surface area contributed by atoms with Crippen LogP contribution in [0.25, 0.3) is 0 Å². The molecule has 3 saturated carbocycles. The van der Waals surface area contributed by atoms with Crippen LogP contribution in [0.15, 0.2) is 11.6 Å². The van der Waals surface area contributed by atoms with Crippen LogP contribution in [0, 0.1) is 28.6 Å². The fourth-order valence-corrected chi connectivity index (χ4v) is 8.11. The van der Waals surface area contributed by atoms with Crippen LogP contribution >= 0.6 is 31.9 Å². The van der Waals surface area contributed by atoms with E-state index in [4.69, 9.17) is 4.74 Å². The van der Waals surface area contributed by atoms with Gasteiger partial charge in [-0.05, 0) is 73.3 Å². The van der Waals surface area contributed by atoms with Crippen molar-refractivity contribution in [1.82, 2.24) is 0 Å². The van der Waals surface area contributed by atoms with Gasteiger partial charge in [0.1, 0.15) is 11.4 Å². The highest BCUT2D eigenvalue weighted by atomic mass is 79.9. The lowest BCUT2D eigenvalue weighted by Gasteiger charge is -2.59. The molecule has 0 amide bonds. The van der Waals surface area contributed by atoms with Gasteiger partial charge in [-0.25, -0.2) is 0 Å². The van der Waals surface area contributed by atoms with Gasteiger partial charge >= 0.3 is 5.97 Å². The van der Waals surface area contributed by atoms with E-state index in [0.29, 0.717) is 34.8 Å². The van der Waals surface area contributed by atoms with Crippen molar-refractivity contribution in [2.24, 2.45) is 28.6 Å². The molecule has 0 aromatic heterocycles. The summed E-state index contributed by atoms with van der Waals surface area (Å²) in [5.74, 6) is 2.08. The first kappa shape index (κ1) is 19.2. The molecule has 0 N–H and O–H groups in total. The summed E-state index contributed by atoms with van der Waals surface area (Å²) < 4.78 is 5.83. The monoisotopic (exact) mass is 486 g/mol. The molecule has 4 aliphatic carbocycles.